The summed E-state index contributed by atoms with van der Waals surface area (Å²) >= 11 is 0. The summed E-state index contributed by atoms with van der Waals surface area (Å²) in [5.74, 6) is -2.28. The average Bonchev–Trinajstić information content (AvgIpc) is 3.53. The van der Waals surface area contributed by atoms with E-state index in [9.17, 15) is 19.8 Å². The van der Waals surface area contributed by atoms with Gasteiger partial charge in [0.1, 0.15) is 0 Å². The molecule has 2 aliphatic rings. The Morgan fingerprint density at radius 1 is 0.700 bits per heavy atom. The van der Waals surface area contributed by atoms with Gasteiger partial charge in [-0.15, -0.1) is 22.1 Å². The first-order valence-corrected chi connectivity index (χ1v) is 12.5. The fourth-order valence-electron chi connectivity index (χ4n) is 4.95. The van der Waals surface area contributed by atoms with Crippen molar-refractivity contribution >= 4 is 57.3 Å². The van der Waals surface area contributed by atoms with E-state index in [1.165, 1.54) is 0 Å². The number of carbonyl (C=O) groups is 2. The third-order valence-electron chi connectivity index (χ3n) is 7.08. The quantitative estimate of drug-likeness (QED) is 0.359. The Morgan fingerprint density at radius 3 is 1.60 bits per heavy atom. The molecule has 10 heteroatoms. The predicted molar refractivity (Wildman–Crippen MR) is 144 cm³/mol. The fourth-order valence-corrected chi connectivity index (χ4v) is 4.95. The number of aromatic nitrogens is 4. The molecule has 2 aliphatic heterocycles. The van der Waals surface area contributed by atoms with Crippen molar-refractivity contribution < 1.29 is 52.1 Å². The minimum atomic E-state index is -1.14. The number of allylic oxidation sites excluding steroid dienone is 2. The summed E-state index contributed by atoms with van der Waals surface area (Å²) in [6, 6.07) is 7.56. The Hall–Kier alpha value is -3.65. The van der Waals surface area contributed by atoms with Gasteiger partial charge in [0, 0.05) is 11.9 Å². The molecule has 3 aromatic heterocycles. The van der Waals surface area contributed by atoms with E-state index in [1.807, 2.05) is 64.1 Å². The Kier molecular flexibility index (Phi) is 9.46. The van der Waals surface area contributed by atoms with Gasteiger partial charge in [0.05, 0.1) is 22.8 Å². The van der Waals surface area contributed by atoms with E-state index in [2.05, 4.69) is 0 Å². The van der Waals surface area contributed by atoms with Crippen LogP contribution >= 0.6 is 0 Å². The van der Waals surface area contributed by atoms with Crippen molar-refractivity contribution in [2.45, 2.75) is 53.4 Å². The molecule has 5 heterocycles. The number of hydrogen-bond donors (Lipinski definition) is 0. The first-order valence-electron chi connectivity index (χ1n) is 12.5. The molecule has 3 aromatic rings. The average molecular weight is 600 g/mol. The molecule has 8 bridgehead atoms. The number of halogens is 1. The van der Waals surface area contributed by atoms with Crippen LogP contribution in [0.5, 0.6) is 0 Å². The predicted octanol–water partition coefficient (Wildman–Crippen LogP) is -0.0977. The molecular formula is C30H28ClFeN4O4. The molecule has 0 amide bonds. The van der Waals surface area contributed by atoms with Gasteiger partial charge in [0.25, 0.3) is 0 Å². The second kappa shape index (κ2) is 12.3. The van der Waals surface area contributed by atoms with E-state index in [-0.39, 0.29) is 58.0 Å². The molecule has 8 nitrogen and oxygen atoms in total. The monoisotopic (exact) mass is 599 g/mol. The van der Waals surface area contributed by atoms with E-state index >= 15 is 0 Å². The molecule has 0 aromatic carbocycles. The largest absolute Gasteiger partial charge is 3.00 e. The normalized spacial score (nSPS) is 12.2. The minimum absolute atomic E-state index is 0. The van der Waals surface area contributed by atoms with Crippen molar-refractivity contribution in [2.75, 3.05) is 0 Å². The summed E-state index contributed by atoms with van der Waals surface area (Å²) in [7, 11) is 0. The second-order valence-corrected chi connectivity index (χ2v) is 9.79. The number of carboxylic acid groups (broad SMARTS) is 2. The molecule has 0 fully saturated rings. The molecule has 5 rings (SSSR count). The van der Waals surface area contributed by atoms with Gasteiger partial charge in [0.15, 0.2) is 0 Å². The van der Waals surface area contributed by atoms with Crippen molar-refractivity contribution in [3.8, 4) is 0 Å². The molecule has 0 saturated heterocycles. The Bertz CT molecular complexity index is 1740. The summed E-state index contributed by atoms with van der Waals surface area (Å²) in [4.78, 5) is 41.8. The summed E-state index contributed by atoms with van der Waals surface area (Å²) in [6.45, 7) is 7.81. The summed E-state index contributed by atoms with van der Waals surface area (Å²) in [6.07, 6.45) is 4.19. The van der Waals surface area contributed by atoms with Crippen molar-refractivity contribution in [3.63, 3.8) is 0 Å². The van der Waals surface area contributed by atoms with Gasteiger partial charge < -0.3 is 42.2 Å². The molecule has 40 heavy (non-hydrogen) atoms. The number of fused-ring (bicyclic) bond motifs is 8. The number of hydrogen-bond acceptors (Lipinski definition) is 6. The Labute approximate surface area is 251 Å². The zero-order valence-electron chi connectivity index (χ0n) is 24.4. The molecule has 1 radical (unpaired) electrons. The van der Waals surface area contributed by atoms with Crippen LogP contribution < -0.4 is 32.6 Å². The molecule has 207 valence electrons. The molecule has 0 aliphatic carbocycles. The van der Waals surface area contributed by atoms with Crippen LogP contribution in [0, 0.1) is 13.8 Å². The number of carboxylic acids is 2. The van der Waals surface area contributed by atoms with Crippen LogP contribution in [0.25, 0.3) is 45.4 Å². The van der Waals surface area contributed by atoms with E-state index in [4.69, 9.17) is 19.9 Å². The molecule has 0 N–H and O–H groups in total. The third-order valence-corrected chi connectivity index (χ3v) is 7.08. The van der Waals surface area contributed by atoms with Crippen molar-refractivity contribution in [2.24, 2.45) is 0 Å². The van der Waals surface area contributed by atoms with Crippen LogP contribution in [0.3, 0.4) is 0 Å². The summed E-state index contributed by atoms with van der Waals surface area (Å²) in [5, 5.41) is 22.6. The van der Waals surface area contributed by atoms with Gasteiger partial charge in [-0.05, 0) is 82.7 Å². The molecular weight excluding hydrogens is 572 g/mol. The van der Waals surface area contributed by atoms with Crippen LogP contribution in [0.15, 0.2) is 24.3 Å². The molecule has 0 spiro atoms. The van der Waals surface area contributed by atoms with Gasteiger partial charge in [-0.2, -0.15) is 0 Å². The minimum Gasteiger partial charge on any atom is -1.00 e. The maximum atomic E-state index is 11.3. The van der Waals surface area contributed by atoms with E-state index in [0.717, 1.165) is 56.2 Å². The topological polar surface area (TPSA) is 134 Å². The molecule has 0 unspecified atom stereocenters. The van der Waals surface area contributed by atoms with Gasteiger partial charge in [-0.1, -0.05) is 40.5 Å². The van der Waals surface area contributed by atoms with Gasteiger partial charge in [-0.3, -0.25) is 0 Å². The Morgan fingerprint density at radius 2 is 1.12 bits per heavy atom. The first-order chi connectivity index (χ1) is 18.1. The second-order valence-electron chi connectivity index (χ2n) is 9.79. The summed E-state index contributed by atoms with van der Waals surface area (Å²) in [5.41, 5.74) is 11.0. The maximum Gasteiger partial charge on any atom is 3.00 e. The van der Waals surface area contributed by atoms with Crippen molar-refractivity contribution in [1.82, 2.24) is 19.9 Å². The molecule has 0 saturated carbocycles. The first kappa shape index (κ1) is 30.9. The smallest absolute Gasteiger partial charge is 1.00 e. The van der Waals surface area contributed by atoms with Gasteiger partial charge in [-0.25, -0.2) is 9.97 Å². The van der Waals surface area contributed by atoms with Gasteiger partial charge >= 0.3 is 19.9 Å². The SMILES string of the molecule is CC1=Cc2cc3[n-]c(cc4[n-]c(cc5nc(cc1n2)C=C5C)c(C)c4CCC(=O)[O-])c(CCC(=O)[O-])c3C.[Cl-].[Fe+3].[H+].[H+]. The number of carbonyl (C=O) groups excluding carboxylic acids is 2. The third kappa shape index (κ3) is 6.22. The van der Waals surface area contributed by atoms with Crippen LogP contribution in [-0.4, -0.2) is 21.9 Å². The number of rotatable bonds is 6. The van der Waals surface area contributed by atoms with Crippen LogP contribution in [0.1, 0.15) is 74.6 Å². The molecule has 0 atom stereocenters. The van der Waals surface area contributed by atoms with Crippen molar-refractivity contribution in [1.29, 1.82) is 0 Å². The number of nitrogens with zero attached hydrogens (tertiary/aromatic N) is 4. The maximum absolute atomic E-state index is 11.3. The zero-order valence-corrected chi connectivity index (χ0v) is 24.3. The van der Waals surface area contributed by atoms with E-state index < -0.39 is 11.9 Å². The number of aliphatic carboxylic acids is 2. The van der Waals surface area contributed by atoms with Crippen LogP contribution in [-0.2, 0) is 39.5 Å². The Balaban J connectivity index is 0.00000220. The van der Waals surface area contributed by atoms with Gasteiger partial charge in [0.2, 0.25) is 0 Å². The summed E-state index contributed by atoms with van der Waals surface area (Å²) < 4.78 is 0. The van der Waals surface area contributed by atoms with Crippen LogP contribution in [0.4, 0.5) is 0 Å². The van der Waals surface area contributed by atoms with Crippen LogP contribution in [0.2, 0.25) is 0 Å². The van der Waals surface area contributed by atoms with Crippen molar-refractivity contribution in [3.05, 3.63) is 69.3 Å². The standard InChI is InChI=1S/C30H30N4O4.ClH.Fe/c1-15-9-20-12-25-17(3)21(5-7-29(35)36)27(33-25)14-28-22(6-8-30(37)38)18(4)26(34-28)13-24-16(2)10-19(32-24)11-23(15)31-20;;/h9-14H,5-8H2,1-4H3,(H4,31,32,33,34,35,36,37,38);1H;/q;;+3/p-3. The zero-order chi connectivity index (χ0) is 27.1. The number of aryl methyl sites for hydroxylation is 4. The fraction of sp³-hybridized carbons (Fsp3) is 0.267. The van der Waals surface area contributed by atoms with E-state index in [0.29, 0.717) is 22.1 Å². The van der Waals surface area contributed by atoms with E-state index in [1.54, 1.807) is 0 Å².